The average Bonchev–Trinajstić information content (AvgIpc) is 2.36. The molecule has 0 radical (unpaired) electrons. The molecular formula is C15H27NO2S. The van der Waals surface area contributed by atoms with Crippen LogP contribution >= 0.6 is 11.8 Å². The number of carboxylic acids is 1. The van der Waals surface area contributed by atoms with Gasteiger partial charge in [-0.05, 0) is 48.5 Å². The fraction of sp³-hybridized carbons (Fsp3) is 0.933. The Morgan fingerprint density at radius 2 is 1.84 bits per heavy atom. The molecule has 0 aromatic rings. The minimum Gasteiger partial charge on any atom is -0.481 e. The van der Waals surface area contributed by atoms with Crippen LogP contribution in [-0.2, 0) is 4.79 Å². The maximum absolute atomic E-state index is 11.4. The molecule has 2 N–H and O–H groups in total. The van der Waals surface area contributed by atoms with Crippen LogP contribution in [-0.4, -0.2) is 34.7 Å². The van der Waals surface area contributed by atoms with Gasteiger partial charge in [-0.25, -0.2) is 0 Å². The molecule has 1 aliphatic carbocycles. The van der Waals surface area contributed by atoms with E-state index in [4.69, 9.17) is 0 Å². The second-order valence-electron chi connectivity index (χ2n) is 6.74. The molecular weight excluding hydrogens is 258 g/mol. The second kappa shape index (κ2) is 6.04. The van der Waals surface area contributed by atoms with E-state index in [1.54, 1.807) is 0 Å². The molecule has 2 rings (SSSR count). The first kappa shape index (κ1) is 15.2. The largest absolute Gasteiger partial charge is 0.481 e. The van der Waals surface area contributed by atoms with Gasteiger partial charge in [-0.1, -0.05) is 20.8 Å². The zero-order chi connectivity index (χ0) is 14.0. The van der Waals surface area contributed by atoms with Crippen molar-refractivity contribution in [3.63, 3.8) is 0 Å². The standard InChI is InChI=1S/C15H27NO2S/c1-10-13(16-11-6-8-19-9-7-11)5-4-12(14(17)18)15(10,2)3/h10-13,16H,4-9H2,1-3H3,(H,17,18). The highest BCUT2D eigenvalue weighted by atomic mass is 32.2. The number of carbonyl (C=O) groups is 1. The Kier molecular flexibility index (Phi) is 4.83. The Hall–Kier alpha value is -0.220. The molecule has 2 aliphatic rings. The third-order valence-corrected chi connectivity index (χ3v) is 6.46. The summed E-state index contributed by atoms with van der Waals surface area (Å²) < 4.78 is 0. The van der Waals surface area contributed by atoms with Crippen LogP contribution in [0.5, 0.6) is 0 Å². The van der Waals surface area contributed by atoms with E-state index in [1.807, 2.05) is 11.8 Å². The first-order chi connectivity index (χ1) is 8.93. The molecule has 0 bridgehead atoms. The molecule has 4 heteroatoms. The number of nitrogens with one attached hydrogen (secondary N) is 1. The number of aliphatic carboxylic acids is 1. The molecule has 3 unspecified atom stereocenters. The molecule has 1 heterocycles. The van der Waals surface area contributed by atoms with Gasteiger partial charge in [-0.15, -0.1) is 0 Å². The van der Waals surface area contributed by atoms with Crippen LogP contribution in [0, 0.1) is 17.3 Å². The van der Waals surface area contributed by atoms with Crippen LogP contribution in [0.1, 0.15) is 46.5 Å². The lowest BCUT2D eigenvalue weighted by molar-refractivity contribution is -0.150. The summed E-state index contributed by atoms with van der Waals surface area (Å²) in [5, 5.41) is 13.2. The predicted octanol–water partition coefficient (Wildman–Crippen LogP) is 3.00. The molecule has 110 valence electrons. The molecule has 1 aliphatic heterocycles. The molecule has 0 aromatic heterocycles. The number of thioether (sulfide) groups is 1. The monoisotopic (exact) mass is 285 g/mol. The summed E-state index contributed by atoms with van der Waals surface area (Å²) in [6.07, 6.45) is 4.34. The zero-order valence-electron chi connectivity index (χ0n) is 12.3. The van der Waals surface area contributed by atoms with Crippen molar-refractivity contribution in [3.05, 3.63) is 0 Å². The molecule has 3 nitrogen and oxygen atoms in total. The maximum atomic E-state index is 11.4. The van der Waals surface area contributed by atoms with Gasteiger partial charge in [0.15, 0.2) is 0 Å². The fourth-order valence-corrected chi connectivity index (χ4v) is 4.75. The summed E-state index contributed by atoms with van der Waals surface area (Å²) >= 11 is 2.05. The van der Waals surface area contributed by atoms with Gasteiger partial charge >= 0.3 is 5.97 Å². The van der Waals surface area contributed by atoms with E-state index < -0.39 is 5.97 Å². The van der Waals surface area contributed by atoms with Gasteiger partial charge in [0, 0.05) is 12.1 Å². The van der Waals surface area contributed by atoms with Crippen molar-refractivity contribution in [1.29, 1.82) is 0 Å². The number of carboxylic acid groups (broad SMARTS) is 1. The highest BCUT2D eigenvalue weighted by Gasteiger charge is 2.46. The molecule has 19 heavy (non-hydrogen) atoms. The summed E-state index contributed by atoms with van der Waals surface area (Å²) in [7, 11) is 0. The predicted molar refractivity (Wildman–Crippen MR) is 80.6 cm³/mol. The van der Waals surface area contributed by atoms with Gasteiger partial charge in [0.05, 0.1) is 5.92 Å². The Morgan fingerprint density at radius 3 is 2.42 bits per heavy atom. The van der Waals surface area contributed by atoms with Crippen molar-refractivity contribution in [3.8, 4) is 0 Å². The third-order valence-electron chi connectivity index (χ3n) is 5.41. The zero-order valence-corrected chi connectivity index (χ0v) is 13.1. The number of hydrogen-bond acceptors (Lipinski definition) is 3. The second-order valence-corrected chi connectivity index (χ2v) is 7.96. The lowest BCUT2D eigenvalue weighted by atomic mass is 9.61. The lowest BCUT2D eigenvalue weighted by Gasteiger charge is -2.47. The normalized spacial score (nSPS) is 36.1. The summed E-state index contributed by atoms with van der Waals surface area (Å²) in [5.74, 6) is 2.13. The smallest absolute Gasteiger partial charge is 0.307 e. The molecule has 0 spiro atoms. The Labute approximate surface area is 120 Å². The first-order valence-electron chi connectivity index (χ1n) is 7.49. The van der Waals surface area contributed by atoms with Gasteiger partial charge in [0.1, 0.15) is 0 Å². The van der Waals surface area contributed by atoms with Gasteiger partial charge in [-0.3, -0.25) is 4.79 Å². The van der Waals surface area contributed by atoms with E-state index in [0.29, 0.717) is 18.0 Å². The third kappa shape index (κ3) is 3.27. The molecule has 1 saturated heterocycles. The van der Waals surface area contributed by atoms with Crippen LogP contribution in [0.3, 0.4) is 0 Å². The molecule has 1 saturated carbocycles. The molecule has 3 atom stereocenters. The van der Waals surface area contributed by atoms with Gasteiger partial charge in [0.25, 0.3) is 0 Å². The van der Waals surface area contributed by atoms with E-state index in [2.05, 4.69) is 26.1 Å². The van der Waals surface area contributed by atoms with Crippen LogP contribution in [0.2, 0.25) is 0 Å². The van der Waals surface area contributed by atoms with Crippen LogP contribution in [0.25, 0.3) is 0 Å². The highest BCUT2D eigenvalue weighted by Crippen LogP contribution is 2.45. The minimum absolute atomic E-state index is 0.120. The molecule has 0 amide bonds. The van der Waals surface area contributed by atoms with E-state index in [9.17, 15) is 9.90 Å². The first-order valence-corrected chi connectivity index (χ1v) is 8.65. The SMILES string of the molecule is CC1C(NC2CCSCC2)CCC(C(=O)O)C1(C)C. The van der Waals surface area contributed by atoms with Crippen molar-refractivity contribution in [2.75, 3.05) is 11.5 Å². The fourth-order valence-electron chi connectivity index (χ4n) is 3.64. The minimum atomic E-state index is -0.621. The van der Waals surface area contributed by atoms with E-state index in [1.165, 1.54) is 24.3 Å². The van der Waals surface area contributed by atoms with Gasteiger partial charge in [-0.2, -0.15) is 11.8 Å². The summed E-state index contributed by atoms with van der Waals surface area (Å²) in [6, 6.07) is 1.13. The molecule has 2 fully saturated rings. The van der Waals surface area contributed by atoms with Crippen LogP contribution in [0.15, 0.2) is 0 Å². The van der Waals surface area contributed by atoms with Gasteiger partial charge in [0.2, 0.25) is 0 Å². The van der Waals surface area contributed by atoms with Crippen molar-refractivity contribution >= 4 is 17.7 Å². The highest BCUT2D eigenvalue weighted by molar-refractivity contribution is 7.99. The quantitative estimate of drug-likeness (QED) is 0.837. The average molecular weight is 285 g/mol. The summed E-state index contributed by atoms with van der Waals surface area (Å²) in [4.78, 5) is 11.4. The van der Waals surface area contributed by atoms with Crippen molar-refractivity contribution in [2.45, 2.75) is 58.5 Å². The van der Waals surface area contributed by atoms with Crippen molar-refractivity contribution in [1.82, 2.24) is 5.32 Å². The van der Waals surface area contributed by atoms with E-state index in [0.717, 1.165) is 12.8 Å². The van der Waals surface area contributed by atoms with Crippen molar-refractivity contribution in [2.24, 2.45) is 17.3 Å². The van der Waals surface area contributed by atoms with E-state index >= 15 is 0 Å². The van der Waals surface area contributed by atoms with Crippen LogP contribution < -0.4 is 5.32 Å². The number of rotatable bonds is 3. The summed E-state index contributed by atoms with van der Waals surface area (Å²) in [5.41, 5.74) is -0.120. The Balaban J connectivity index is 1.98. The Bertz CT molecular complexity index is 326. The van der Waals surface area contributed by atoms with Gasteiger partial charge < -0.3 is 10.4 Å². The van der Waals surface area contributed by atoms with Crippen LogP contribution in [0.4, 0.5) is 0 Å². The number of hydrogen-bond donors (Lipinski definition) is 2. The Morgan fingerprint density at radius 1 is 1.21 bits per heavy atom. The topological polar surface area (TPSA) is 49.3 Å². The summed E-state index contributed by atoms with van der Waals surface area (Å²) in [6.45, 7) is 6.48. The lowest BCUT2D eigenvalue weighted by Crippen LogP contribution is -2.53. The molecule has 0 aromatic carbocycles. The van der Waals surface area contributed by atoms with E-state index in [-0.39, 0.29) is 11.3 Å². The van der Waals surface area contributed by atoms with Crippen molar-refractivity contribution < 1.29 is 9.90 Å². The maximum Gasteiger partial charge on any atom is 0.307 e.